The Hall–Kier alpha value is -3.49. The summed E-state index contributed by atoms with van der Waals surface area (Å²) in [6.07, 6.45) is 0.139. The Kier molecular flexibility index (Phi) is 6.64. The predicted octanol–water partition coefficient (Wildman–Crippen LogP) is 5.85. The van der Waals surface area contributed by atoms with Crippen molar-refractivity contribution in [1.29, 1.82) is 0 Å². The lowest BCUT2D eigenvalue weighted by molar-refractivity contribution is -0.137. The highest BCUT2D eigenvalue weighted by molar-refractivity contribution is 5.95. The number of carbonyl (C=O) groups is 1. The maximum Gasteiger partial charge on any atom is 0.416 e. The number of hydrogen-bond acceptors (Lipinski definition) is 4. The molecule has 0 unspecified atom stereocenters. The maximum atomic E-state index is 13.5. The summed E-state index contributed by atoms with van der Waals surface area (Å²) in [5, 5.41) is 4.35. The zero-order chi connectivity index (χ0) is 25.3. The monoisotopic (exact) mass is 499 g/mol. The van der Waals surface area contributed by atoms with Crippen LogP contribution in [0, 0.1) is 0 Å². The third-order valence-electron chi connectivity index (χ3n) is 6.59. The average Bonchev–Trinajstić information content (AvgIpc) is 3.62. The fraction of sp³-hybridized carbons (Fsp3) is 0.407. The van der Waals surface area contributed by atoms with Gasteiger partial charge in [0.2, 0.25) is 0 Å². The molecule has 0 bridgehead atoms. The molecule has 2 aliphatic rings. The van der Waals surface area contributed by atoms with Crippen LogP contribution in [0.3, 0.4) is 0 Å². The van der Waals surface area contributed by atoms with E-state index in [1.807, 2.05) is 31.2 Å². The summed E-state index contributed by atoms with van der Waals surface area (Å²) in [4.78, 5) is 15.2. The summed E-state index contributed by atoms with van der Waals surface area (Å²) < 4.78 is 53.1. The summed E-state index contributed by atoms with van der Waals surface area (Å²) in [7, 11) is 0. The molecule has 1 amide bonds. The number of benzene rings is 2. The number of para-hydroxylation sites is 2. The molecular weight excluding hydrogens is 471 g/mol. The van der Waals surface area contributed by atoms with E-state index in [4.69, 9.17) is 9.47 Å². The first-order chi connectivity index (χ1) is 17.3. The van der Waals surface area contributed by atoms with Crippen molar-refractivity contribution >= 4 is 5.91 Å². The number of hydrogen-bond donors (Lipinski definition) is 0. The van der Waals surface area contributed by atoms with Crippen LogP contribution in [0.2, 0.25) is 0 Å². The summed E-state index contributed by atoms with van der Waals surface area (Å²) in [6.45, 7) is 3.52. The van der Waals surface area contributed by atoms with Gasteiger partial charge in [0.15, 0.2) is 11.5 Å². The second-order valence-electron chi connectivity index (χ2n) is 9.17. The SMILES string of the molecule is CCOc1ccccc1OC1CCN(C(=O)c2cnn(-c3cccc(C(F)(F)F)c3)c2C2CC2)CC1. The second-order valence-corrected chi connectivity index (χ2v) is 9.17. The highest BCUT2D eigenvalue weighted by Gasteiger charge is 2.36. The van der Waals surface area contributed by atoms with Crippen molar-refractivity contribution in [3.05, 3.63) is 71.5 Å². The third-order valence-corrected chi connectivity index (χ3v) is 6.59. The first-order valence-corrected chi connectivity index (χ1v) is 12.3. The molecule has 2 aromatic carbocycles. The van der Waals surface area contributed by atoms with Crippen molar-refractivity contribution in [1.82, 2.24) is 14.7 Å². The van der Waals surface area contributed by atoms with E-state index in [2.05, 4.69) is 5.10 Å². The third kappa shape index (κ3) is 5.05. The number of alkyl halides is 3. The molecular formula is C27H28F3N3O3. The van der Waals surface area contributed by atoms with Gasteiger partial charge in [-0.1, -0.05) is 18.2 Å². The number of aromatic nitrogens is 2. The lowest BCUT2D eigenvalue weighted by Crippen LogP contribution is -2.42. The molecule has 2 heterocycles. The molecule has 1 aliphatic carbocycles. The molecule has 5 rings (SSSR count). The summed E-state index contributed by atoms with van der Waals surface area (Å²) in [6, 6.07) is 12.6. The van der Waals surface area contributed by atoms with Crippen LogP contribution < -0.4 is 9.47 Å². The zero-order valence-electron chi connectivity index (χ0n) is 20.0. The summed E-state index contributed by atoms with van der Waals surface area (Å²) >= 11 is 0. The molecule has 0 atom stereocenters. The molecule has 2 fully saturated rings. The van der Waals surface area contributed by atoms with Crippen molar-refractivity contribution in [2.45, 2.75) is 50.8 Å². The lowest BCUT2D eigenvalue weighted by Gasteiger charge is -2.32. The van der Waals surface area contributed by atoms with E-state index >= 15 is 0 Å². The van der Waals surface area contributed by atoms with Gasteiger partial charge in [-0.15, -0.1) is 0 Å². The number of piperidine rings is 1. The number of halogens is 3. The Bertz CT molecular complexity index is 1230. The second kappa shape index (κ2) is 9.87. The van der Waals surface area contributed by atoms with Gasteiger partial charge < -0.3 is 14.4 Å². The zero-order valence-corrected chi connectivity index (χ0v) is 20.0. The number of rotatable bonds is 7. The predicted molar refractivity (Wildman–Crippen MR) is 128 cm³/mol. The molecule has 1 aliphatic heterocycles. The largest absolute Gasteiger partial charge is 0.490 e. The number of nitrogens with zero attached hydrogens (tertiary/aromatic N) is 3. The smallest absolute Gasteiger partial charge is 0.416 e. The Morgan fingerprint density at radius 2 is 1.75 bits per heavy atom. The Balaban J connectivity index is 1.30. The minimum Gasteiger partial charge on any atom is -0.490 e. The van der Waals surface area contributed by atoms with Crippen LogP contribution >= 0.6 is 0 Å². The van der Waals surface area contributed by atoms with Gasteiger partial charge in [0.1, 0.15) is 6.10 Å². The van der Waals surface area contributed by atoms with E-state index in [1.165, 1.54) is 16.9 Å². The quantitative estimate of drug-likeness (QED) is 0.409. The van der Waals surface area contributed by atoms with Gasteiger partial charge in [0.05, 0.1) is 35.3 Å². The number of amides is 1. The van der Waals surface area contributed by atoms with Crippen LogP contribution in [0.15, 0.2) is 54.7 Å². The van der Waals surface area contributed by atoms with Crippen LogP contribution in [-0.2, 0) is 6.18 Å². The summed E-state index contributed by atoms with van der Waals surface area (Å²) in [5.41, 5.74) is 0.739. The summed E-state index contributed by atoms with van der Waals surface area (Å²) in [5.74, 6) is 1.39. The van der Waals surface area contributed by atoms with E-state index < -0.39 is 11.7 Å². The van der Waals surface area contributed by atoms with Gasteiger partial charge in [-0.25, -0.2) is 4.68 Å². The fourth-order valence-electron chi connectivity index (χ4n) is 4.64. The maximum absolute atomic E-state index is 13.5. The molecule has 36 heavy (non-hydrogen) atoms. The normalized spacial score (nSPS) is 16.7. The van der Waals surface area contributed by atoms with Crippen LogP contribution in [0.5, 0.6) is 11.5 Å². The fourth-order valence-corrected chi connectivity index (χ4v) is 4.64. The molecule has 1 aromatic heterocycles. The molecule has 190 valence electrons. The van der Waals surface area contributed by atoms with Crippen LogP contribution in [-0.4, -0.2) is 46.4 Å². The average molecular weight is 500 g/mol. The van der Waals surface area contributed by atoms with Crippen molar-refractivity contribution in [3.8, 4) is 17.2 Å². The van der Waals surface area contributed by atoms with Gasteiger partial charge in [-0.3, -0.25) is 4.79 Å². The standard InChI is InChI=1S/C27H28F3N3O3/c1-2-35-23-8-3-4-9-24(23)36-21-12-14-32(15-13-21)26(34)22-17-31-33(25(22)18-10-11-18)20-7-5-6-19(16-20)27(28,29)30/h3-9,16-18,21H,2,10-15H2,1H3. The van der Waals surface area contributed by atoms with Crippen molar-refractivity contribution in [2.24, 2.45) is 0 Å². The van der Waals surface area contributed by atoms with Crippen LogP contribution in [0.1, 0.15) is 60.1 Å². The minimum atomic E-state index is -4.45. The van der Waals surface area contributed by atoms with Gasteiger partial charge in [-0.2, -0.15) is 18.3 Å². The lowest BCUT2D eigenvalue weighted by atomic mass is 10.1. The molecule has 1 saturated carbocycles. The van der Waals surface area contributed by atoms with Gasteiger partial charge in [0, 0.05) is 31.8 Å². The van der Waals surface area contributed by atoms with Gasteiger partial charge in [-0.05, 0) is 50.1 Å². The van der Waals surface area contributed by atoms with Crippen molar-refractivity contribution in [3.63, 3.8) is 0 Å². The number of ether oxygens (including phenoxy) is 2. The molecule has 0 radical (unpaired) electrons. The van der Waals surface area contributed by atoms with Gasteiger partial charge >= 0.3 is 6.18 Å². The topological polar surface area (TPSA) is 56.6 Å². The molecule has 3 aromatic rings. The first-order valence-electron chi connectivity index (χ1n) is 12.3. The first kappa shape index (κ1) is 24.2. The van der Waals surface area contributed by atoms with E-state index in [0.717, 1.165) is 25.0 Å². The highest BCUT2D eigenvalue weighted by atomic mass is 19.4. The molecule has 1 saturated heterocycles. The van der Waals surface area contributed by atoms with Gasteiger partial charge in [0.25, 0.3) is 5.91 Å². The molecule has 9 heteroatoms. The van der Waals surface area contributed by atoms with E-state index in [-0.39, 0.29) is 17.9 Å². The van der Waals surface area contributed by atoms with Crippen molar-refractivity contribution in [2.75, 3.05) is 19.7 Å². The Labute approximate surface area is 207 Å². The molecule has 6 nitrogen and oxygen atoms in total. The van der Waals surface area contributed by atoms with E-state index in [0.29, 0.717) is 61.0 Å². The Morgan fingerprint density at radius 3 is 2.42 bits per heavy atom. The minimum absolute atomic E-state index is 0.0357. The molecule has 0 spiro atoms. The number of carbonyl (C=O) groups excluding carboxylic acids is 1. The number of likely N-dealkylation sites (tertiary alicyclic amines) is 1. The van der Waals surface area contributed by atoms with Crippen LogP contribution in [0.4, 0.5) is 13.2 Å². The van der Waals surface area contributed by atoms with E-state index in [9.17, 15) is 18.0 Å². The highest BCUT2D eigenvalue weighted by Crippen LogP contribution is 2.43. The van der Waals surface area contributed by atoms with E-state index in [1.54, 1.807) is 11.0 Å². The Morgan fingerprint density at radius 1 is 1.03 bits per heavy atom. The van der Waals surface area contributed by atoms with Crippen molar-refractivity contribution < 1.29 is 27.4 Å². The molecule has 0 N–H and O–H groups in total. The van der Waals surface area contributed by atoms with Crippen LogP contribution in [0.25, 0.3) is 5.69 Å².